The molecule has 0 radical (unpaired) electrons. The molecule has 1 N–H and O–H groups in total. The van der Waals surface area contributed by atoms with Gasteiger partial charge in [-0.2, -0.15) is 0 Å². The highest BCUT2D eigenvalue weighted by molar-refractivity contribution is 8.04. The molecule has 0 atom stereocenters. The van der Waals surface area contributed by atoms with Crippen LogP contribution >= 0.6 is 11.8 Å². The molecule has 30 heavy (non-hydrogen) atoms. The Balaban J connectivity index is 1.66. The third-order valence-electron chi connectivity index (χ3n) is 5.34. The van der Waals surface area contributed by atoms with Crippen LogP contribution in [0.4, 0.5) is 11.4 Å². The van der Waals surface area contributed by atoms with Crippen molar-refractivity contribution in [1.82, 2.24) is 0 Å². The van der Waals surface area contributed by atoms with E-state index in [1.54, 1.807) is 31.4 Å². The number of carbonyl (C=O) groups is 2. The second kappa shape index (κ2) is 8.93. The lowest BCUT2D eigenvalue weighted by Crippen LogP contribution is -2.31. The Labute approximate surface area is 180 Å². The summed E-state index contributed by atoms with van der Waals surface area (Å²) in [6.07, 6.45) is 2.37. The molecular formula is C23H24N2O4S. The number of amides is 2. The van der Waals surface area contributed by atoms with Gasteiger partial charge in [-0.25, -0.2) is 4.90 Å². The summed E-state index contributed by atoms with van der Waals surface area (Å²) in [5.41, 5.74) is 2.68. The van der Waals surface area contributed by atoms with Crippen molar-refractivity contribution in [2.75, 3.05) is 42.4 Å². The molecule has 2 aromatic carbocycles. The molecule has 2 amide bonds. The van der Waals surface area contributed by atoms with Gasteiger partial charge in [0.05, 0.1) is 29.9 Å². The molecular weight excluding hydrogens is 400 g/mol. The molecule has 1 fully saturated rings. The summed E-state index contributed by atoms with van der Waals surface area (Å²) in [5, 5.41) is 9.25. The summed E-state index contributed by atoms with van der Waals surface area (Å²) in [7, 11) is 1.58. The Hall–Kier alpha value is -2.77. The zero-order valence-corrected chi connectivity index (χ0v) is 17.7. The van der Waals surface area contributed by atoms with Crippen LogP contribution in [0.2, 0.25) is 0 Å². The average molecular weight is 425 g/mol. The van der Waals surface area contributed by atoms with E-state index >= 15 is 0 Å². The lowest BCUT2D eigenvalue weighted by atomic mass is 10.1. The van der Waals surface area contributed by atoms with E-state index in [-0.39, 0.29) is 18.4 Å². The van der Waals surface area contributed by atoms with E-state index in [1.165, 1.54) is 29.5 Å². The second-order valence-electron chi connectivity index (χ2n) is 7.16. The highest BCUT2D eigenvalue weighted by Gasteiger charge is 2.40. The number of benzene rings is 2. The van der Waals surface area contributed by atoms with Crippen molar-refractivity contribution in [2.45, 2.75) is 12.8 Å². The van der Waals surface area contributed by atoms with Crippen molar-refractivity contribution in [3.63, 3.8) is 0 Å². The van der Waals surface area contributed by atoms with E-state index in [4.69, 9.17) is 4.74 Å². The van der Waals surface area contributed by atoms with Gasteiger partial charge in [0.2, 0.25) is 0 Å². The van der Waals surface area contributed by atoms with E-state index in [0.29, 0.717) is 33.2 Å². The molecule has 6 nitrogen and oxygen atoms in total. The number of carbonyl (C=O) groups excluding carboxylic acids is 2. The summed E-state index contributed by atoms with van der Waals surface area (Å²) in [6, 6.07) is 14.7. The first kappa shape index (κ1) is 20.5. The van der Waals surface area contributed by atoms with Crippen molar-refractivity contribution in [3.8, 4) is 5.75 Å². The van der Waals surface area contributed by atoms with Gasteiger partial charge in [-0.05, 0) is 54.8 Å². The predicted octanol–water partition coefficient (Wildman–Crippen LogP) is 3.31. The van der Waals surface area contributed by atoms with Gasteiger partial charge in [-0.15, -0.1) is 11.8 Å². The third kappa shape index (κ3) is 3.82. The predicted molar refractivity (Wildman–Crippen MR) is 120 cm³/mol. The van der Waals surface area contributed by atoms with E-state index in [1.807, 2.05) is 24.3 Å². The van der Waals surface area contributed by atoms with Crippen LogP contribution in [0, 0.1) is 0 Å². The second-order valence-corrected chi connectivity index (χ2v) is 8.27. The van der Waals surface area contributed by atoms with Gasteiger partial charge < -0.3 is 14.7 Å². The molecule has 2 heterocycles. The number of rotatable bonds is 7. The summed E-state index contributed by atoms with van der Waals surface area (Å²) in [6.45, 7) is 1.99. The first-order valence-electron chi connectivity index (χ1n) is 10.00. The Bertz CT molecular complexity index is 964. The van der Waals surface area contributed by atoms with Crippen molar-refractivity contribution in [3.05, 3.63) is 59.0 Å². The number of hydrogen-bond donors (Lipinski definition) is 1. The number of aliphatic hydroxyl groups excluding tert-OH is 1. The average Bonchev–Trinajstić information content (AvgIpc) is 3.39. The van der Waals surface area contributed by atoms with Crippen molar-refractivity contribution < 1.29 is 19.4 Å². The Morgan fingerprint density at radius 1 is 0.933 bits per heavy atom. The Morgan fingerprint density at radius 2 is 1.57 bits per heavy atom. The third-order valence-corrected chi connectivity index (χ3v) is 6.39. The molecule has 0 aliphatic carbocycles. The minimum absolute atomic E-state index is 0.0734. The molecule has 0 spiro atoms. The maximum atomic E-state index is 13.3. The SMILES string of the molecule is COc1ccc(C2=C(SCCO)C(=O)N(c3ccc(N4CCCC4)cc3)C2=O)cc1. The summed E-state index contributed by atoms with van der Waals surface area (Å²) >= 11 is 1.21. The topological polar surface area (TPSA) is 70.1 Å². The maximum absolute atomic E-state index is 13.3. The summed E-state index contributed by atoms with van der Waals surface area (Å²) in [5.74, 6) is 0.322. The van der Waals surface area contributed by atoms with Gasteiger partial charge in [0, 0.05) is 24.5 Å². The number of methoxy groups -OCH3 is 1. The lowest BCUT2D eigenvalue weighted by molar-refractivity contribution is -0.119. The van der Waals surface area contributed by atoms with Crippen LogP contribution < -0.4 is 14.5 Å². The van der Waals surface area contributed by atoms with Crippen LogP contribution in [0.15, 0.2) is 53.4 Å². The minimum Gasteiger partial charge on any atom is -0.497 e. The molecule has 0 bridgehead atoms. The number of thioether (sulfide) groups is 1. The molecule has 2 aliphatic heterocycles. The van der Waals surface area contributed by atoms with Crippen LogP contribution in [-0.4, -0.2) is 49.5 Å². The highest BCUT2D eigenvalue weighted by atomic mass is 32.2. The molecule has 2 aromatic rings. The van der Waals surface area contributed by atoms with Crippen LogP contribution in [0.5, 0.6) is 5.75 Å². The first-order valence-corrected chi connectivity index (χ1v) is 11.0. The van der Waals surface area contributed by atoms with E-state index in [2.05, 4.69) is 4.90 Å². The maximum Gasteiger partial charge on any atom is 0.272 e. The minimum atomic E-state index is -0.349. The Kier molecular flexibility index (Phi) is 6.11. The number of anilines is 2. The number of ether oxygens (including phenoxy) is 1. The highest BCUT2D eigenvalue weighted by Crippen LogP contribution is 2.39. The van der Waals surface area contributed by atoms with Crippen molar-refractivity contribution in [1.29, 1.82) is 0 Å². The number of imide groups is 1. The fourth-order valence-corrected chi connectivity index (χ4v) is 4.69. The first-order chi connectivity index (χ1) is 14.6. The van der Waals surface area contributed by atoms with Gasteiger partial charge >= 0.3 is 0 Å². The molecule has 2 aliphatic rings. The fraction of sp³-hybridized carbons (Fsp3) is 0.304. The van der Waals surface area contributed by atoms with Crippen LogP contribution in [0.25, 0.3) is 5.57 Å². The standard InChI is InChI=1S/C23H24N2O4S/c1-29-19-10-4-16(5-11-19)20-21(30-15-14-26)23(28)25(22(20)27)18-8-6-17(7-9-18)24-12-2-3-13-24/h4-11,26H,2-3,12-15H2,1H3. The van der Waals surface area contributed by atoms with Crippen LogP contribution in [-0.2, 0) is 9.59 Å². The quantitative estimate of drug-likeness (QED) is 0.688. The van der Waals surface area contributed by atoms with Crippen molar-refractivity contribution in [2.24, 2.45) is 0 Å². The number of nitrogens with zero attached hydrogens (tertiary/aromatic N) is 2. The number of hydrogen-bond acceptors (Lipinski definition) is 6. The summed E-state index contributed by atoms with van der Waals surface area (Å²) < 4.78 is 5.19. The normalized spacial score (nSPS) is 16.7. The zero-order valence-electron chi connectivity index (χ0n) is 16.8. The van der Waals surface area contributed by atoms with Gasteiger partial charge in [0.1, 0.15) is 5.75 Å². The molecule has 7 heteroatoms. The molecule has 0 saturated carbocycles. The lowest BCUT2D eigenvalue weighted by Gasteiger charge is -2.20. The fourth-order valence-electron chi connectivity index (χ4n) is 3.83. The molecule has 0 unspecified atom stereocenters. The van der Waals surface area contributed by atoms with E-state index in [9.17, 15) is 14.7 Å². The van der Waals surface area contributed by atoms with Gasteiger partial charge in [0.25, 0.3) is 11.8 Å². The van der Waals surface area contributed by atoms with Gasteiger partial charge in [0.15, 0.2) is 0 Å². The van der Waals surface area contributed by atoms with Gasteiger partial charge in [-0.3, -0.25) is 9.59 Å². The molecule has 4 rings (SSSR count). The largest absolute Gasteiger partial charge is 0.497 e. The molecule has 0 aromatic heterocycles. The van der Waals surface area contributed by atoms with Gasteiger partial charge in [-0.1, -0.05) is 12.1 Å². The molecule has 1 saturated heterocycles. The van der Waals surface area contributed by atoms with E-state index in [0.717, 1.165) is 18.8 Å². The zero-order chi connectivity index (χ0) is 21.1. The van der Waals surface area contributed by atoms with Crippen LogP contribution in [0.1, 0.15) is 18.4 Å². The van der Waals surface area contributed by atoms with Crippen LogP contribution in [0.3, 0.4) is 0 Å². The Morgan fingerprint density at radius 3 is 2.17 bits per heavy atom. The summed E-state index contributed by atoms with van der Waals surface area (Å²) in [4.78, 5) is 30.4. The molecule has 156 valence electrons. The van der Waals surface area contributed by atoms with E-state index < -0.39 is 0 Å². The smallest absolute Gasteiger partial charge is 0.272 e. The number of aliphatic hydroxyl groups is 1. The van der Waals surface area contributed by atoms with Crippen molar-refractivity contribution >= 4 is 40.5 Å². The monoisotopic (exact) mass is 424 g/mol.